The minimum Gasteiger partial charge on any atom is -0.481 e. The first kappa shape index (κ1) is 14.4. The summed E-state index contributed by atoms with van der Waals surface area (Å²) in [5.41, 5.74) is 0. The van der Waals surface area contributed by atoms with Gasteiger partial charge in [0, 0.05) is 30.4 Å². The number of halogens is 1. The molecule has 0 saturated heterocycles. The lowest BCUT2D eigenvalue weighted by atomic mass is 10.3. The lowest BCUT2D eigenvalue weighted by Crippen LogP contribution is -2.37. The van der Waals surface area contributed by atoms with Gasteiger partial charge >= 0.3 is 0 Å². The number of benzene rings is 1. The fraction of sp³-hybridized carbons (Fsp3) is 0.286. The van der Waals surface area contributed by atoms with Crippen LogP contribution in [0.5, 0.6) is 5.75 Å². The average Bonchev–Trinajstić information content (AvgIpc) is 2.94. The summed E-state index contributed by atoms with van der Waals surface area (Å²) in [5.74, 6) is 1.30. The van der Waals surface area contributed by atoms with Gasteiger partial charge in [0.1, 0.15) is 11.6 Å². The number of imidazole rings is 1. The number of nitrogens with one attached hydrogen (secondary N) is 2. The topological polar surface area (TPSA) is 67.0 Å². The Bertz CT molecular complexity index is 540. The van der Waals surface area contributed by atoms with Gasteiger partial charge in [0.25, 0.3) is 5.91 Å². The molecule has 106 valence electrons. The molecule has 2 N–H and O–H groups in total. The normalized spacial score (nSPS) is 11.9. The van der Waals surface area contributed by atoms with E-state index in [0.29, 0.717) is 23.7 Å². The number of aromatic nitrogens is 2. The highest BCUT2D eigenvalue weighted by Crippen LogP contribution is 2.16. The Labute approximate surface area is 122 Å². The van der Waals surface area contributed by atoms with Gasteiger partial charge in [0.15, 0.2) is 6.10 Å². The Morgan fingerprint density at radius 2 is 2.20 bits per heavy atom. The van der Waals surface area contributed by atoms with Crippen LogP contribution >= 0.6 is 11.6 Å². The average molecular weight is 294 g/mol. The molecule has 2 rings (SSSR count). The lowest BCUT2D eigenvalue weighted by molar-refractivity contribution is -0.127. The minimum absolute atomic E-state index is 0.161. The van der Waals surface area contributed by atoms with E-state index in [4.69, 9.17) is 16.3 Å². The quantitative estimate of drug-likeness (QED) is 0.858. The third-order valence-corrected chi connectivity index (χ3v) is 2.96. The molecule has 1 amide bonds. The van der Waals surface area contributed by atoms with Crippen molar-refractivity contribution in [2.45, 2.75) is 19.4 Å². The lowest BCUT2D eigenvalue weighted by Gasteiger charge is -2.14. The van der Waals surface area contributed by atoms with Gasteiger partial charge in [0.05, 0.1) is 0 Å². The molecule has 1 atom stereocenters. The van der Waals surface area contributed by atoms with Gasteiger partial charge in [-0.15, -0.1) is 0 Å². The van der Waals surface area contributed by atoms with Gasteiger partial charge in [-0.25, -0.2) is 4.98 Å². The van der Waals surface area contributed by atoms with Gasteiger partial charge in [-0.2, -0.15) is 0 Å². The maximum atomic E-state index is 11.9. The van der Waals surface area contributed by atoms with Crippen LogP contribution in [0.4, 0.5) is 0 Å². The fourth-order valence-corrected chi connectivity index (χ4v) is 1.78. The Balaban J connectivity index is 1.75. The van der Waals surface area contributed by atoms with E-state index in [-0.39, 0.29) is 5.91 Å². The summed E-state index contributed by atoms with van der Waals surface area (Å²) in [6.45, 7) is 2.22. The molecule has 1 heterocycles. The molecule has 20 heavy (non-hydrogen) atoms. The highest BCUT2D eigenvalue weighted by molar-refractivity contribution is 6.30. The van der Waals surface area contributed by atoms with E-state index in [2.05, 4.69) is 15.3 Å². The number of hydrogen-bond acceptors (Lipinski definition) is 3. The highest BCUT2D eigenvalue weighted by Gasteiger charge is 2.14. The summed E-state index contributed by atoms with van der Waals surface area (Å²) in [4.78, 5) is 18.9. The van der Waals surface area contributed by atoms with Crippen LogP contribution < -0.4 is 10.1 Å². The molecule has 1 unspecified atom stereocenters. The predicted molar refractivity (Wildman–Crippen MR) is 76.8 cm³/mol. The third-order valence-electron chi connectivity index (χ3n) is 2.71. The van der Waals surface area contributed by atoms with E-state index in [9.17, 15) is 4.79 Å². The van der Waals surface area contributed by atoms with E-state index >= 15 is 0 Å². The molecule has 5 nitrogen and oxygen atoms in total. The Hall–Kier alpha value is -2.01. The van der Waals surface area contributed by atoms with E-state index in [0.717, 1.165) is 5.82 Å². The van der Waals surface area contributed by atoms with Gasteiger partial charge in [0.2, 0.25) is 0 Å². The number of H-pyrrole nitrogens is 1. The van der Waals surface area contributed by atoms with Gasteiger partial charge in [-0.1, -0.05) is 11.6 Å². The summed E-state index contributed by atoms with van der Waals surface area (Å²) < 4.78 is 5.52. The van der Waals surface area contributed by atoms with Crippen molar-refractivity contribution >= 4 is 17.5 Å². The van der Waals surface area contributed by atoms with E-state index in [1.54, 1.807) is 43.6 Å². The second-order valence-electron chi connectivity index (χ2n) is 4.29. The summed E-state index contributed by atoms with van der Waals surface area (Å²) in [5, 5.41) is 3.43. The molecule has 0 spiro atoms. The first-order valence-electron chi connectivity index (χ1n) is 6.33. The Morgan fingerprint density at radius 3 is 2.85 bits per heavy atom. The summed E-state index contributed by atoms with van der Waals surface area (Å²) >= 11 is 5.78. The zero-order valence-electron chi connectivity index (χ0n) is 11.1. The van der Waals surface area contributed by atoms with Crippen molar-refractivity contribution in [2.24, 2.45) is 0 Å². The molecule has 1 aromatic heterocycles. The number of hydrogen-bond donors (Lipinski definition) is 2. The first-order chi connectivity index (χ1) is 9.65. The van der Waals surface area contributed by atoms with Crippen LogP contribution in [-0.2, 0) is 11.2 Å². The molecule has 0 bridgehead atoms. The second kappa shape index (κ2) is 6.96. The third kappa shape index (κ3) is 4.28. The molecule has 0 aliphatic carbocycles. The first-order valence-corrected chi connectivity index (χ1v) is 6.71. The number of amides is 1. The van der Waals surface area contributed by atoms with Crippen LogP contribution in [0, 0.1) is 0 Å². The van der Waals surface area contributed by atoms with Crippen molar-refractivity contribution in [3.63, 3.8) is 0 Å². The number of ether oxygens (including phenoxy) is 1. The smallest absolute Gasteiger partial charge is 0.260 e. The van der Waals surface area contributed by atoms with Crippen LogP contribution in [0.1, 0.15) is 12.7 Å². The number of aromatic amines is 1. The van der Waals surface area contributed by atoms with Crippen LogP contribution in [0.15, 0.2) is 36.7 Å². The van der Waals surface area contributed by atoms with Crippen molar-refractivity contribution in [3.8, 4) is 5.75 Å². The fourth-order valence-electron chi connectivity index (χ4n) is 1.65. The Morgan fingerprint density at radius 1 is 1.45 bits per heavy atom. The zero-order valence-corrected chi connectivity index (χ0v) is 11.9. The molecule has 6 heteroatoms. The standard InChI is InChI=1S/C14H16ClN3O2/c1-10(20-12-4-2-11(15)3-5-12)14(19)18-7-6-13-16-8-9-17-13/h2-5,8-10H,6-7H2,1H3,(H,16,17)(H,18,19). The number of carbonyl (C=O) groups is 1. The molecule has 0 fully saturated rings. The zero-order chi connectivity index (χ0) is 14.4. The molecule has 0 radical (unpaired) electrons. The van der Waals surface area contributed by atoms with Crippen LogP contribution in [0.25, 0.3) is 0 Å². The molecular weight excluding hydrogens is 278 g/mol. The summed E-state index contributed by atoms with van der Waals surface area (Å²) in [6.07, 6.45) is 3.53. The Kier molecular flexibility index (Phi) is 5.01. The van der Waals surface area contributed by atoms with Crippen LogP contribution in [0.3, 0.4) is 0 Å². The highest BCUT2D eigenvalue weighted by atomic mass is 35.5. The van der Waals surface area contributed by atoms with Gasteiger partial charge in [-0.3, -0.25) is 4.79 Å². The predicted octanol–water partition coefficient (Wildman–Crippen LogP) is 2.19. The van der Waals surface area contributed by atoms with Crippen molar-refractivity contribution in [2.75, 3.05) is 6.54 Å². The van der Waals surface area contributed by atoms with E-state index < -0.39 is 6.10 Å². The molecule has 1 aromatic carbocycles. The largest absolute Gasteiger partial charge is 0.481 e. The van der Waals surface area contributed by atoms with Gasteiger partial charge in [-0.05, 0) is 31.2 Å². The van der Waals surface area contributed by atoms with Crippen molar-refractivity contribution in [3.05, 3.63) is 47.5 Å². The summed E-state index contributed by atoms with van der Waals surface area (Å²) in [7, 11) is 0. The van der Waals surface area contributed by atoms with Crippen molar-refractivity contribution in [1.82, 2.24) is 15.3 Å². The maximum absolute atomic E-state index is 11.9. The minimum atomic E-state index is -0.562. The SMILES string of the molecule is CC(Oc1ccc(Cl)cc1)C(=O)NCCc1ncc[nH]1. The second-order valence-corrected chi connectivity index (χ2v) is 4.73. The van der Waals surface area contributed by atoms with Crippen LogP contribution in [0.2, 0.25) is 5.02 Å². The van der Waals surface area contributed by atoms with E-state index in [1.807, 2.05) is 0 Å². The maximum Gasteiger partial charge on any atom is 0.260 e. The molecule has 0 aliphatic heterocycles. The molecule has 2 aromatic rings. The molecule has 0 saturated carbocycles. The number of rotatable bonds is 6. The van der Waals surface area contributed by atoms with Crippen molar-refractivity contribution < 1.29 is 9.53 Å². The summed E-state index contributed by atoms with van der Waals surface area (Å²) in [6, 6.07) is 6.90. The number of nitrogens with zero attached hydrogens (tertiary/aromatic N) is 1. The van der Waals surface area contributed by atoms with Crippen LogP contribution in [-0.4, -0.2) is 28.5 Å². The van der Waals surface area contributed by atoms with Crippen molar-refractivity contribution in [1.29, 1.82) is 0 Å². The molecule has 0 aliphatic rings. The monoisotopic (exact) mass is 293 g/mol. The van der Waals surface area contributed by atoms with E-state index in [1.165, 1.54) is 0 Å². The van der Waals surface area contributed by atoms with Gasteiger partial charge < -0.3 is 15.0 Å². The molecular formula is C14H16ClN3O2. The number of carbonyl (C=O) groups excluding carboxylic acids is 1.